The van der Waals surface area contributed by atoms with Gasteiger partial charge in [0.2, 0.25) is 0 Å². The molecule has 5 heteroatoms. The molecule has 3 N–H and O–H groups in total. The minimum Gasteiger partial charge on any atom is -0.324 e. The smallest absolute Gasteiger partial charge is 0.181 e. The number of sulfone groups is 1. The molecule has 0 aromatic rings. The molecule has 17 heavy (non-hydrogen) atoms. The van der Waals surface area contributed by atoms with Gasteiger partial charge >= 0.3 is 0 Å². The molecule has 1 aliphatic carbocycles. The lowest BCUT2D eigenvalue weighted by atomic mass is 10.1. The van der Waals surface area contributed by atoms with Gasteiger partial charge in [0.25, 0.3) is 0 Å². The summed E-state index contributed by atoms with van der Waals surface area (Å²) >= 11 is 0. The molecule has 0 heterocycles. The Bertz CT molecular complexity index is 473. The predicted octanol–water partition coefficient (Wildman–Crippen LogP) is 1.56. The van der Waals surface area contributed by atoms with Crippen molar-refractivity contribution in [2.45, 2.75) is 25.8 Å². The van der Waals surface area contributed by atoms with E-state index in [1.807, 2.05) is 0 Å². The fourth-order valence-electron chi connectivity index (χ4n) is 1.43. The van der Waals surface area contributed by atoms with E-state index in [1.165, 1.54) is 0 Å². The lowest BCUT2D eigenvalue weighted by Crippen LogP contribution is -2.20. The summed E-state index contributed by atoms with van der Waals surface area (Å²) in [4.78, 5) is 0.299. The number of hydrogen-bond acceptors (Lipinski definition) is 4. The summed E-state index contributed by atoms with van der Waals surface area (Å²) in [7, 11) is -3.28. The molecule has 94 valence electrons. The Morgan fingerprint density at radius 2 is 2.29 bits per heavy atom. The van der Waals surface area contributed by atoms with Crippen LogP contribution in [-0.4, -0.2) is 25.9 Å². The zero-order chi connectivity index (χ0) is 12.9. The lowest BCUT2D eigenvalue weighted by Gasteiger charge is -2.11. The third-order valence-corrected chi connectivity index (χ3v) is 3.96. The molecule has 1 aliphatic rings. The van der Waals surface area contributed by atoms with Crippen molar-refractivity contribution in [3.63, 3.8) is 0 Å². The maximum absolute atomic E-state index is 11.9. The number of rotatable bonds is 5. The van der Waals surface area contributed by atoms with Gasteiger partial charge in [0.05, 0.1) is 10.7 Å². The summed E-state index contributed by atoms with van der Waals surface area (Å²) < 4.78 is 23.8. The zero-order valence-electron chi connectivity index (χ0n) is 9.89. The molecule has 1 unspecified atom stereocenters. The predicted molar refractivity (Wildman–Crippen MR) is 70.8 cm³/mol. The summed E-state index contributed by atoms with van der Waals surface area (Å²) in [5.74, 6) is -0.0385. The third-order valence-electron chi connectivity index (χ3n) is 2.33. The maximum Gasteiger partial charge on any atom is 0.181 e. The second-order valence-electron chi connectivity index (χ2n) is 4.11. The first-order valence-electron chi connectivity index (χ1n) is 5.47. The van der Waals surface area contributed by atoms with Crippen LogP contribution < -0.4 is 5.73 Å². The molecule has 1 rings (SSSR count). The number of nitrogens with one attached hydrogen (secondary N) is 1. The summed E-state index contributed by atoms with van der Waals surface area (Å²) in [5, 5.41) is 7.21. The largest absolute Gasteiger partial charge is 0.324 e. The Morgan fingerprint density at radius 1 is 1.59 bits per heavy atom. The van der Waals surface area contributed by atoms with E-state index in [4.69, 9.17) is 11.1 Å². The van der Waals surface area contributed by atoms with Gasteiger partial charge in [-0.05, 0) is 25.5 Å². The van der Waals surface area contributed by atoms with Crippen LogP contribution in [0.2, 0.25) is 0 Å². The molecule has 4 nitrogen and oxygen atoms in total. The Labute approximate surface area is 102 Å². The van der Waals surface area contributed by atoms with Crippen molar-refractivity contribution in [2.75, 3.05) is 5.75 Å². The van der Waals surface area contributed by atoms with E-state index in [2.05, 4.69) is 0 Å². The topological polar surface area (TPSA) is 84.0 Å². The van der Waals surface area contributed by atoms with Gasteiger partial charge in [0.15, 0.2) is 9.84 Å². The zero-order valence-corrected chi connectivity index (χ0v) is 10.7. The molecule has 1 atom stereocenters. The maximum atomic E-state index is 11.9. The number of nitrogens with two attached hydrogens (primary N) is 1. The van der Waals surface area contributed by atoms with Gasteiger partial charge < -0.3 is 11.1 Å². The second-order valence-corrected chi connectivity index (χ2v) is 6.14. The highest BCUT2D eigenvalue weighted by Gasteiger charge is 2.17. The average molecular weight is 254 g/mol. The lowest BCUT2D eigenvalue weighted by molar-refractivity contribution is 0.605. The molecule has 0 spiro atoms. The fourth-order valence-corrected chi connectivity index (χ4v) is 2.70. The van der Waals surface area contributed by atoms with E-state index in [-0.39, 0.29) is 11.8 Å². The molecule has 0 amide bonds. The first-order chi connectivity index (χ1) is 7.92. The quantitative estimate of drug-likeness (QED) is 0.577. The summed E-state index contributed by atoms with van der Waals surface area (Å²) in [6.45, 7) is 1.68. The molecular formula is C12H18N2O2S. The van der Waals surface area contributed by atoms with Gasteiger partial charge in [0, 0.05) is 18.2 Å². The van der Waals surface area contributed by atoms with Crippen molar-refractivity contribution in [2.24, 2.45) is 5.73 Å². The fraction of sp³-hybridized carbons (Fsp3) is 0.417. The van der Waals surface area contributed by atoms with E-state index in [9.17, 15) is 8.42 Å². The highest BCUT2D eigenvalue weighted by molar-refractivity contribution is 7.95. The normalized spacial score (nSPS) is 20.6. The van der Waals surface area contributed by atoms with Crippen LogP contribution in [0.3, 0.4) is 0 Å². The number of hydrogen-bond donors (Lipinski definition) is 2. The Morgan fingerprint density at radius 3 is 2.88 bits per heavy atom. The standard InChI is InChI=1S/C12H18N2O2S/c1-10(13)5-2-3-8-17(15,16)12-7-4-6-11(14)9-12/h2-4,7,9,11,13H,5-6,8,14H2,1H3. The van der Waals surface area contributed by atoms with Gasteiger partial charge in [-0.2, -0.15) is 0 Å². The minimum atomic E-state index is -3.28. The van der Waals surface area contributed by atoms with Crippen LogP contribution in [0.5, 0.6) is 0 Å². The Kier molecular flexibility index (Phi) is 4.84. The summed E-state index contributed by atoms with van der Waals surface area (Å²) in [6.07, 6.45) is 9.43. The highest BCUT2D eigenvalue weighted by Crippen LogP contribution is 2.16. The average Bonchev–Trinajstić information content (AvgIpc) is 2.24. The van der Waals surface area contributed by atoms with Crippen molar-refractivity contribution in [1.29, 1.82) is 5.41 Å². The Hall–Kier alpha value is -1.20. The van der Waals surface area contributed by atoms with E-state index < -0.39 is 9.84 Å². The molecule has 0 radical (unpaired) electrons. The summed E-state index contributed by atoms with van der Waals surface area (Å²) in [5.41, 5.74) is 6.19. The molecule has 0 saturated heterocycles. The van der Waals surface area contributed by atoms with Crippen LogP contribution in [0.15, 0.2) is 35.3 Å². The van der Waals surface area contributed by atoms with Crippen molar-refractivity contribution in [3.8, 4) is 0 Å². The van der Waals surface area contributed by atoms with Crippen LogP contribution in [0.4, 0.5) is 0 Å². The van der Waals surface area contributed by atoms with Crippen molar-refractivity contribution < 1.29 is 8.42 Å². The van der Waals surface area contributed by atoms with Crippen LogP contribution in [-0.2, 0) is 9.84 Å². The monoisotopic (exact) mass is 254 g/mol. The van der Waals surface area contributed by atoms with Gasteiger partial charge in [-0.25, -0.2) is 8.42 Å². The molecule has 0 bridgehead atoms. The van der Waals surface area contributed by atoms with Crippen molar-refractivity contribution in [3.05, 3.63) is 35.3 Å². The Balaban J connectivity index is 2.66. The minimum absolute atomic E-state index is 0.0385. The first kappa shape index (κ1) is 13.9. The highest BCUT2D eigenvalue weighted by atomic mass is 32.2. The van der Waals surface area contributed by atoms with Crippen LogP contribution >= 0.6 is 0 Å². The van der Waals surface area contributed by atoms with Crippen LogP contribution in [0.1, 0.15) is 19.8 Å². The van der Waals surface area contributed by atoms with E-state index in [0.29, 0.717) is 23.5 Å². The molecular weight excluding hydrogens is 236 g/mol. The van der Waals surface area contributed by atoms with E-state index in [0.717, 1.165) is 0 Å². The molecule has 0 fully saturated rings. The van der Waals surface area contributed by atoms with Crippen LogP contribution in [0.25, 0.3) is 0 Å². The molecule has 0 aliphatic heterocycles. The molecule has 0 aromatic heterocycles. The third kappa shape index (κ3) is 4.66. The van der Waals surface area contributed by atoms with E-state index >= 15 is 0 Å². The number of allylic oxidation sites excluding steroid dienone is 2. The summed E-state index contributed by atoms with van der Waals surface area (Å²) in [6, 6.07) is -0.211. The van der Waals surface area contributed by atoms with Gasteiger partial charge in [0.1, 0.15) is 0 Å². The van der Waals surface area contributed by atoms with Gasteiger partial charge in [-0.3, -0.25) is 0 Å². The molecule has 0 saturated carbocycles. The van der Waals surface area contributed by atoms with E-state index in [1.54, 1.807) is 37.3 Å². The molecule has 0 aromatic carbocycles. The van der Waals surface area contributed by atoms with Crippen LogP contribution in [0, 0.1) is 5.41 Å². The van der Waals surface area contributed by atoms with Gasteiger partial charge in [-0.15, -0.1) is 0 Å². The van der Waals surface area contributed by atoms with Crippen molar-refractivity contribution >= 4 is 15.5 Å². The SMILES string of the molecule is CC(=N)CC=CCS(=O)(=O)C1=CC(N)CC=C1. The van der Waals surface area contributed by atoms with Crippen molar-refractivity contribution in [1.82, 2.24) is 0 Å². The van der Waals surface area contributed by atoms with Gasteiger partial charge in [-0.1, -0.05) is 18.2 Å². The first-order valence-corrected chi connectivity index (χ1v) is 7.13. The second kappa shape index (κ2) is 5.93.